The Morgan fingerprint density at radius 2 is 1.97 bits per heavy atom. The molecule has 0 fully saturated rings. The number of fused-ring (bicyclic) bond motifs is 1. The fourth-order valence-electron chi connectivity index (χ4n) is 3.43. The molecular formula is C24H31N3O3S2. The second-order valence-electron chi connectivity index (χ2n) is 7.77. The molecule has 0 aliphatic carbocycles. The van der Waals surface area contributed by atoms with Crippen molar-refractivity contribution in [2.24, 2.45) is 0 Å². The van der Waals surface area contributed by atoms with Gasteiger partial charge in [0, 0.05) is 24.6 Å². The van der Waals surface area contributed by atoms with Gasteiger partial charge in [-0.2, -0.15) is 0 Å². The number of thioether (sulfide) groups is 1. The van der Waals surface area contributed by atoms with E-state index in [1.807, 2.05) is 65.0 Å². The summed E-state index contributed by atoms with van der Waals surface area (Å²) in [6, 6.07) is 9.77. The van der Waals surface area contributed by atoms with E-state index in [4.69, 9.17) is 9.72 Å². The summed E-state index contributed by atoms with van der Waals surface area (Å²) in [6.07, 6.45) is 0.711. The molecule has 6 nitrogen and oxygen atoms in total. The van der Waals surface area contributed by atoms with Crippen LogP contribution in [-0.2, 0) is 16.1 Å². The van der Waals surface area contributed by atoms with Gasteiger partial charge in [-0.05, 0) is 52.2 Å². The normalized spacial score (nSPS) is 13.3. The third-order valence-corrected chi connectivity index (χ3v) is 7.63. The lowest BCUT2D eigenvalue weighted by Crippen LogP contribution is -2.34. The lowest BCUT2D eigenvalue weighted by atomic mass is 10.1. The summed E-state index contributed by atoms with van der Waals surface area (Å²) in [7, 11) is 0. The highest BCUT2D eigenvalue weighted by molar-refractivity contribution is 8.00. The van der Waals surface area contributed by atoms with Gasteiger partial charge < -0.3 is 10.1 Å². The van der Waals surface area contributed by atoms with Crippen LogP contribution in [0, 0.1) is 13.8 Å². The summed E-state index contributed by atoms with van der Waals surface area (Å²) in [5.41, 5.74) is 2.00. The average molecular weight is 474 g/mol. The van der Waals surface area contributed by atoms with E-state index in [0.29, 0.717) is 36.7 Å². The molecule has 0 saturated heterocycles. The molecule has 1 N–H and O–H groups in total. The van der Waals surface area contributed by atoms with Gasteiger partial charge in [-0.3, -0.25) is 14.2 Å². The van der Waals surface area contributed by atoms with Gasteiger partial charge in [0.2, 0.25) is 5.91 Å². The second-order valence-corrected chi connectivity index (χ2v) is 10.3. The summed E-state index contributed by atoms with van der Waals surface area (Å²) >= 11 is 2.86. The number of hydrogen-bond donors (Lipinski definition) is 1. The third-order valence-electron chi connectivity index (χ3n) is 5.44. The molecule has 3 aromatic rings. The van der Waals surface area contributed by atoms with Gasteiger partial charge in [-0.15, -0.1) is 11.3 Å². The number of nitrogens with zero attached hydrogens (tertiary/aromatic N) is 2. The highest BCUT2D eigenvalue weighted by Crippen LogP contribution is 2.30. The van der Waals surface area contributed by atoms with Crippen molar-refractivity contribution in [2.45, 2.75) is 64.0 Å². The molecule has 0 spiro atoms. The summed E-state index contributed by atoms with van der Waals surface area (Å²) in [4.78, 5) is 32.8. The molecule has 0 aliphatic rings. The van der Waals surface area contributed by atoms with Gasteiger partial charge in [0.1, 0.15) is 4.83 Å². The fraction of sp³-hybridized carbons (Fsp3) is 0.458. The monoisotopic (exact) mass is 473 g/mol. The van der Waals surface area contributed by atoms with Crippen LogP contribution in [0.3, 0.4) is 0 Å². The molecule has 0 aliphatic heterocycles. The van der Waals surface area contributed by atoms with Crippen molar-refractivity contribution in [1.82, 2.24) is 14.9 Å². The SMILES string of the molecule is CCOCCCn1c(S[C@@H](C)C(=O)N[C@@H](C)c2ccccc2)nc2sc(C)c(C)c2c1=O. The molecule has 2 aromatic heterocycles. The quantitative estimate of drug-likeness (QED) is 0.259. The molecule has 0 bridgehead atoms. The lowest BCUT2D eigenvalue weighted by molar-refractivity contribution is -0.120. The van der Waals surface area contributed by atoms with E-state index in [9.17, 15) is 9.59 Å². The number of hydrogen-bond acceptors (Lipinski definition) is 6. The first-order valence-electron chi connectivity index (χ1n) is 10.9. The minimum Gasteiger partial charge on any atom is -0.382 e. The number of amides is 1. The molecular weight excluding hydrogens is 442 g/mol. The zero-order chi connectivity index (χ0) is 23.3. The Morgan fingerprint density at radius 1 is 1.25 bits per heavy atom. The Labute approximate surface area is 197 Å². The number of aromatic nitrogens is 2. The predicted octanol–water partition coefficient (Wildman–Crippen LogP) is 4.86. The van der Waals surface area contributed by atoms with E-state index in [1.165, 1.54) is 23.1 Å². The Morgan fingerprint density at radius 3 is 2.66 bits per heavy atom. The Balaban J connectivity index is 1.83. The molecule has 32 heavy (non-hydrogen) atoms. The Hall–Kier alpha value is -2.16. The first kappa shape index (κ1) is 24.5. The summed E-state index contributed by atoms with van der Waals surface area (Å²) in [5.74, 6) is -0.0832. The maximum Gasteiger partial charge on any atom is 0.263 e. The van der Waals surface area contributed by atoms with E-state index in [1.54, 1.807) is 4.57 Å². The minimum atomic E-state index is -0.397. The zero-order valence-corrected chi connectivity index (χ0v) is 20.9. The van der Waals surface area contributed by atoms with Crippen molar-refractivity contribution in [3.8, 4) is 0 Å². The molecule has 0 radical (unpaired) electrons. The summed E-state index contributed by atoms with van der Waals surface area (Å²) in [5, 5.41) is 3.93. The van der Waals surface area contributed by atoms with E-state index in [-0.39, 0.29) is 17.5 Å². The van der Waals surface area contributed by atoms with Crippen molar-refractivity contribution >= 4 is 39.2 Å². The Bertz CT molecular complexity index is 1120. The van der Waals surface area contributed by atoms with E-state index in [0.717, 1.165) is 20.8 Å². The van der Waals surface area contributed by atoms with Crippen LogP contribution in [0.5, 0.6) is 0 Å². The van der Waals surface area contributed by atoms with Gasteiger partial charge in [-0.1, -0.05) is 42.1 Å². The summed E-state index contributed by atoms with van der Waals surface area (Å²) < 4.78 is 7.15. The van der Waals surface area contributed by atoms with Gasteiger partial charge in [0.05, 0.1) is 16.7 Å². The highest BCUT2D eigenvalue weighted by Gasteiger charge is 2.22. The largest absolute Gasteiger partial charge is 0.382 e. The van der Waals surface area contributed by atoms with E-state index in [2.05, 4.69) is 5.32 Å². The number of nitrogens with one attached hydrogen (secondary N) is 1. The number of carbonyl (C=O) groups is 1. The molecule has 1 amide bonds. The zero-order valence-electron chi connectivity index (χ0n) is 19.3. The maximum absolute atomic E-state index is 13.3. The van der Waals surface area contributed by atoms with Crippen LogP contribution in [-0.4, -0.2) is 33.9 Å². The molecule has 1 aromatic carbocycles. The van der Waals surface area contributed by atoms with Crippen molar-refractivity contribution in [2.75, 3.05) is 13.2 Å². The van der Waals surface area contributed by atoms with Crippen molar-refractivity contribution in [3.63, 3.8) is 0 Å². The third kappa shape index (κ3) is 5.60. The Kier molecular flexibility index (Phi) is 8.51. The van der Waals surface area contributed by atoms with Crippen molar-refractivity contribution in [1.29, 1.82) is 0 Å². The van der Waals surface area contributed by atoms with Crippen LogP contribution in [0.4, 0.5) is 0 Å². The number of ether oxygens (including phenoxy) is 1. The topological polar surface area (TPSA) is 73.2 Å². The van der Waals surface area contributed by atoms with Crippen LogP contribution in [0.1, 0.15) is 49.2 Å². The van der Waals surface area contributed by atoms with Gasteiger partial charge in [0.15, 0.2) is 5.16 Å². The smallest absolute Gasteiger partial charge is 0.263 e. The number of benzene rings is 1. The minimum absolute atomic E-state index is 0.0406. The van der Waals surface area contributed by atoms with Crippen LogP contribution in [0.15, 0.2) is 40.3 Å². The maximum atomic E-state index is 13.3. The molecule has 0 unspecified atom stereocenters. The van der Waals surface area contributed by atoms with Crippen LogP contribution < -0.4 is 10.9 Å². The first-order valence-corrected chi connectivity index (χ1v) is 12.6. The van der Waals surface area contributed by atoms with Gasteiger partial charge in [-0.25, -0.2) is 4.98 Å². The predicted molar refractivity (Wildman–Crippen MR) is 133 cm³/mol. The van der Waals surface area contributed by atoms with Crippen molar-refractivity contribution < 1.29 is 9.53 Å². The summed E-state index contributed by atoms with van der Waals surface area (Å²) in [6.45, 7) is 11.5. The molecule has 172 valence electrons. The van der Waals surface area contributed by atoms with E-state index < -0.39 is 5.25 Å². The molecule has 2 atom stereocenters. The van der Waals surface area contributed by atoms with E-state index >= 15 is 0 Å². The molecule has 2 heterocycles. The first-order chi connectivity index (χ1) is 15.3. The fourth-order valence-corrected chi connectivity index (χ4v) is 5.45. The lowest BCUT2D eigenvalue weighted by Gasteiger charge is -2.19. The number of aryl methyl sites for hydroxylation is 2. The highest BCUT2D eigenvalue weighted by atomic mass is 32.2. The van der Waals surface area contributed by atoms with Crippen LogP contribution >= 0.6 is 23.1 Å². The number of carbonyl (C=O) groups excluding carboxylic acids is 1. The van der Waals surface area contributed by atoms with Crippen LogP contribution in [0.25, 0.3) is 10.2 Å². The second kappa shape index (κ2) is 11.1. The van der Waals surface area contributed by atoms with Crippen LogP contribution in [0.2, 0.25) is 0 Å². The van der Waals surface area contributed by atoms with Gasteiger partial charge >= 0.3 is 0 Å². The average Bonchev–Trinajstić information content (AvgIpc) is 3.06. The van der Waals surface area contributed by atoms with Crippen molar-refractivity contribution in [3.05, 3.63) is 56.7 Å². The molecule has 8 heteroatoms. The number of rotatable bonds is 10. The standard InChI is InChI=1S/C24H31N3O3S2/c1-6-30-14-10-13-27-23(29)20-15(2)17(4)31-22(20)26-24(27)32-18(5)21(28)25-16(3)19-11-8-7-9-12-19/h7-9,11-12,16,18H,6,10,13-14H2,1-5H3,(H,25,28)/t16-,18-/m0/s1. The molecule has 0 saturated carbocycles. The number of thiophene rings is 1. The molecule has 3 rings (SSSR count). The van der Waals surface area contributed by atoms with Gasteiger partial charge in [0.25, 0.3) is 5.56 Å².